The third-order valence-corrected chi connectivity index (χ3v) is 6.83. The van der Waals surface area contributed by atoms with Crippen molar-refractivity contribution in [2.75, 3.05) is 37.5 Å². The van der Waals surface area contributed by atoms with E-state index in [0.29, 0.717) is 17.2 Å². The lowest BCUT2D eigenvalue weighted by Crippen LogP contribution is -2.38. The number of hydrogen-bond acceptors (Lipinski definition) is 6. The molecule has 0 radical (unpaired) electrons. The van der Waals surface area contributed by atoms with E-state index in [1.807, 2.05) is 0 Å². The van der Waals surface area contributed by atoms with Gasteiger partial charge in [-0.3, -0.25) is 9.10 Å². The molecule has 0 unspecified atom stereocenters. The maximum atomic E-state index is 13.8. The van der Waals surface area contributed by atoms with Crippen LogP contribution in [0.25, 0.3) is 0 Å². The summed E-state index contributed by atoms with van der Waals surface area (Å²) in [6.45, 7) is -0.615. The summed E-state index contributed by atoms with van der Waals surface area (Å²) in [5.41, 5.74) is 0.409. The number of ether oxygens (including phenoxy) is 3. The molecular weight excluding hydrogens is 487 g/mol. The molecule has 0 aliphatic carbocycles. The van der Waals surface area contributed by atoms with Gasteiger partial charge in [0, 0.05) is 17.8 Å². The van der Waals surface area contributed by atoms with E-state index in [2.05, 4.69) is 5.32 Å². The molecule has 34 heavy (non-hydrogen) atoms. The fraction of sp³-hybridized carbons (Fsp3) is 0.174. The van der Waals surface area contributed by atoms with E-state index < -0.39 is 28.3 Å². The van der Waals surface area contributed by atoms with Crippen molar-refractivity contribution in [2.45, 2.75) is 4.90 Å². The van der Waals surface area contributed by atoms with Gasteiger partial charge in [-0.15, -0.1) is 0 Å². The van der Waals surface area contributed by atoms with E-state index in [1.165, 1.54) is 45.6 Å². The van der Waals surface area contributed by atoms with Gasteiger partial charge in [-0.1, -0.05) is 17.7 Å². The zero-order valence-electron chi connectivity index (χ0n) is 18.5. The van der Waals surface area contributed by atoms with Gasteiger partial charge >= 0.3 is 0 Å². The molecule has 0 atom stereocenters. The number of nitrogens with one attached hydrogen (secondary N) is 1. The van der Waals surface area contributed by atoms with E-state index >= 15 is 0 Å². The molecule has 3 aromatic rings. The maximum Gasteiger partial charge on any atom is 0.264 e. The first-order valence-corrected chi connectivity index (χ1v) is 11.6. The number of halogens is 2. The number of carbonyl (C=O) groups is 1. The minimum atomic E-state index is -4.31. The van der Waals surface area contributed by atoms with Crippen LogP contribution in [0.2, 0.25) is 5.02 Å². The Bertz CT molecular complexity index is 1300. The highest BCUT2D eigenvalue weighted by Gasteiger charge is 2.29. The van der Waals surface area contributed by atoms with Crippen LogP contribution in [0.5, 0.6) is 17.2 Å². The van der Waals surface area contributed by atoms with Crippen LogP contribution in [0.1, 0.15) is 0 Å². The number of rotatable bonds is 9. The number of anilines is 2. The van der Waals surface area contributed by atoms with Crippen molar-refractivity contribution < 1.29 is 31.8 Å². The van der Waals surface area contributed by atoms with Crippen LogP contribution in [-0.4, -0.2) is 42.2 Å². The van der Waals surface area contributed by atoms with Gasteiger partial charge in [-0.25, -0.2) is 12.8 Å². The second-order valence-electron chi connectivity index (χ2n) is 6.91. The van der Waals surface area contributed by atoms with Gasteiger partial charge in [-0.05, 0) is 42.5 Å². The van der Waals surface area contributed by atoms with Crippen molar-refractivity contribution in [2.24, 2.45) is 0 Å². The smallest absolute Gasteiger partial charge is 0.264 e. The normalized spacial score (nSPS) is 11.0. The van der Waals surface area contributed by atoms with Crippen LogP contribution in [-0.2, 0) is 14.8 Å². The number of sulfonamides is 1. The molecule has 3 aromatic carbocycles. The average Bonchev–Trinajstić information content (AvgIpc) is 2.83. The van der Waals surface area contributed by atoms with Gasteiger partial charge in [0.05, 0.1) is 36.9 Å². The van der Waals surface area contributed by atoms with Crippen molar-refractivity contribution in [3.63, 3.8) is 0 Å². The largest absolute Gasteiger partial charge is 0.497 e. The Balaban J connectivity index is 2.01. The highest BCUT2D eigenvalue weighted by atomic mass is 35.5. The standard InChI is InChI=1S/C23H22ClFN2O6S/c1-31-17-6-4-5-15(11-17)26-23(28)14-27(16-7-9-20(25)19(24)12-16)34(29,30)18-8-10-21(32-2)22(13-18)33-3/h4-13H,14H2,1-3H3,(H,26,28). The molecule has 1 N–H and O–H groups in total. The summed E-state index contributed by atoms with van der Waals surface area (Å²) in [6.07, 6.45) is 0. The van der Waals surface area contributed by atoms with Crippen LogP contribution in [0.4, 0.5) is 15.8 Å². The Morgan fingerprint density at radius 3 is 2.35 bits per heavy atom. The quantitative estimate of drug-likeness (QED) is 0.462. The number of methoxy groups -OCH3 is 3. The van der Waals surface area contributed by atoms with Gasteiger partial charge in [0.15, 0.2) is 11.5 Å². The SMILES string of the molecule is COc1cccc(NC(=O)CN(c2ccc(F)c(Cl)c2)S(=O)(=O)c2ccc(OC)c(OC)c2)c1. The Labute approximate surface area is 201 Å². The summed E-state index contributed by atoms with van der Waals surface area (Å²) in [6, 6.07) is 14.0. The highest BCUT2D eigenvalue weighted by Crippen LogP contribution is 2.33. The topological polar surface area (TPSA) is 94.2 Å². The molecule has 0 saturated heterocycles. The highest BCUT2D eigenvalue weighted by molar-refractivity contribution is 7.92. The lowest BCUT2D eigenvalue weighted by molar-refractivity contribution is -0.114. The lowest BCUT2D eigenvalue weighted by Gasteiger charge is -2.25. The predicted octanol–water partition coefficient (Wildman–Crippen LogP) is 4.34. The van der Waals surface area contributed by atoms with Crippen LogP contribution in [0.3, 0.4) is 0 Å². The molecule has 0 bridgehead atoms. The van der Waals surface area contributed by atoms with Gasteiger partial charge < -0.3 is 19.5 Å². The van der Waals surface area contributed by atoms with Crippen molar-refractivity contribution in [1.29, 1.82) is 0 Å². The second-order valence-corrected chi connectivity index (χ2v) is 9.18. The van der Waals surface area contributed by atoms with Gasteiger partial charge in [0.25, 0.3) is 10.0 Å². The first-order chi connectivity index (χ1) is 16.2. The summed E-state index contributed by atoms with van der Waals surface area (Å²) in [7, 11) is -0.0407. The Kier molecular flexibility index (Phi) is 7.85. The molecule has 11 heteroatoms. The van der Waals surface area contributed by atoms with Crippen molar-refractivity contribution in [1.82, 2.24) is 0 Å². The Morgan fingerprint density at radius 1 is 0.971 bits per heavy atom. The van der Waals surface area contributed by atoms with Crippen molar-refractivity contribution >= 4 is 38.9 Å². The fourth-order valence-corrected chi connectivity index (χ4v) is 4.69. The minimum Gasteiger partial charge on any atom is -0.497 e. The first-order valence-electron chi connectivity index (χ1n) is 9.83. The molecule has 0 aliphatic rings. The molecule has 8 nitrogen and oxygen atoms in total. The molecule has 0 aromatic heterocycles. The number of nitrogens with zero attached hydrogens (tertiary/aromatic N) is 1. The first kappa shape index (κ1) is 25.1. The van der Waals surface area contributed by atoms with Crippen molar-refractivity contribution in [3.05, 3.63) is 71.5 Å². The second kappa shape index (κ2) is 10.6. The molecule has 0 fully saturated rings. The number of carbonyl (C=O) groups excluding carboxylic acids is 1. The number of benzene rings is 3. The molecule has 180 valence electrons. The summed E-state index contributed by atoms with van der Waals surface area (Å²) < 4.78 is 57.2. The van der Waals surface area contributed by atoms with E-state index in [1.54, 1.807) is 24.3 Å². The third kappa shape index (κ3) is 5.52. The number of hydrogen-bond donors (Lipinski definition) is 1. The molecule has 0 heterocycles. The van der Waals surface area contributed by atoms with E-state index in [0.717, 1.165) is 16.4 Å². The van der Waals surface area contributed by atoms with E-state index in [-0.39, 0.29) is 21.4 Å². The molecule has 1 amide bonds. The van der Waals surface area contributed by atoms with Crippen LogP contribution in [0, 0.1) is 5.82 Å². The summed E-state index contributed by atoms with van der Waals surface area (Å²) in [5.74, 6) is -0.347. The molecule has 0 spiro atoms. The van der Waals surface area contributed by atoms with Gasteiger partial charge in [0.1, 0.15) is 18.1 Å². The Morgan fingerprint density at radius 2 is 1.71 bits per heavy atom. The van der Waals surface area contributed by atoms with Gasteiger partial charge in [0.2, 0.25) is 5.91 Å². The van der Waals surface area contributed by atoms with E-state index in [4.69, 9.17) is 25.8 Å². The van der Waals surface area contributed by atoms with E-state index in [9.17, 15) is 17.6 Å². The molecule has 3 rings (SSSR count). The Hall–Kier alpha value is -3.50. The maximum absolute atomic E-state index is 13.8. The summed E-state index contributed by atoms with van der Waals surface area (Å²) >= 11 is 5.89. The minimum absolute atomic E-state index is 0.00183. The van der Waals surface area contributed by atoms with Crippen molar-refractivity contribution in [3.8, 4) is 17.2 Å². The fourth-order valence-electron chi connectivity index (χ4n) is 3.09. The third-order valence-electron chi connectivity index (χ3n) is 4.77. The zero-order valence-corrected chi connectivity index (χ0v) is 20.1. The van der Waals surface area contributed by atoms with Crippen LogP contribution < -0.4 is 23.8 Å². The summed E-state index contributed by atoms with van der Waals surface area (Å²) in [5, 5.41) is 2.34. The predicted molar refractivity (Wildman–Crippen MR) is 127 cm³/mol. The number of amides is 1. The monoisotopic (exact) mass is 508 g/mol. The average molecular weight is 509 g/mol. The lowest BCUT2D eigenvalue weighted by atomic mass is 10.3. The molecular formula is C23H22ClFN2O6S. The molecule has 0 saturated carbocycles. The summed E-state index contributed by atoms with van der Waals surface area (Å²) in [4.78, 5) is 12.7. The van der Waals surface area contributed by atoms with Gasteiger partial charge in [-0.2, -0.15) is 0 Å². The van der Waals surface area contributed by atoms with Crippen LogP contribution in [0.15, 0.2) is 65.6 Å². The van der Waals surface area contributed by atoms with Crippen LogP contribution >= 0.6 is 11.6 Å². The zero-order chi connectivity index (χ0) is 24.9. The molecule has 0 aliphatic heterocycles.